The first-order valence-electron chi connectivity index (χ1n) is 4.45. The lowest BCUT2D eigenvalue weighted by Crippen LogP contribution is -2.03. The number of aromatic hydroxyl groups is 1. The molecule has 0 heterocycles. The summed E-state index contributed by atoms with van der Waals surface area (Å²) in [4.78, 5) is 0. The number of methoxy groups -OCH3 is 1. The van der Waals surface area contributed by atoms with Crippen LogP contribution in [0.25, 0.3) is 0 Å². The Morgan fingerprint density at radius 3 is 2.94 bits per heavy atom. The minimum Gasteiger partial charge on any atom is -0.504 e. The number of ether oxygens (including phenoxy) is 1. The largest absolute Gasteiger partial charge is 0.504 e. The van der Waals surface area contributed by atoms with E-state index in [0.717, 1.165) is 5.56 Å². The van der Waals surface area contributed by atoms with Gasteiger partial charge < -0.3 is 15.6 Å². The molecular weight excluding hydrogens is 226 g/mol. The molecule has 5 nitrogen and oxygen atoms in total. The molecule has 0 unspecified atom stereocenters. The summed E-state index contributed by atoms with van der Waals surface area (Å²) >= 11 is 1.32. The summed E-state index contributed by atoms with van der Waals surface area (Å²) in [5.74, 6) is 0.484. The van der Waals surface area contributed by atoms with Crippen LogP contribution in [0.2, 0.25) is 0 Å². The fourth-order valence-electron chi connectivity index (χ4n) is 0.968. The van der Waals surface area contributed by atoms with E-state index in [2.05, 4.69) is 10.2 Å². The number of benzene rings is 1. The topological polar surface area (TPSA) is 80.2 Å². The van der Waals surface area contributed by atoms with Crippen molar-refractivity contribution in [1.29, 1.82) is 0 Å². The van der Waals surface area contributed by atoms with Crippen LogP contribution in [-0.4, -0.2) is 29.9 Å². The quantitative estimate of drug-likeness (QED) is 0.475. The van der Waals surface area contributed by atoms with E-state index >= 15 is 0 Å². The Morgan fingerprint density at radius 1 is 1.56 bits per heavy atom. The molecule has 0 radical (unpaired) electrons. The highest BCUT2D eigenvalue weighted by Gasteiger charge is 2.00. The second kappa shape index (κ2) is 6.02. The number of amidine groups is 1. The van der Waals surface area contributed by atoms with Gasteiger partial charge in [0.05, 0.1) is 13.3 Å². The van der Waals surface area contributed by atoms with Crippen LogP contribution in [0.4, 0.5) is 0 Å². The van der Waals surface area contributed by atoms with Crippen molar-refractivity contribution in [2.75, 3.05) is 13.4 Å². The number of hydrogen-bond acceptors (Lipinski definition) is 5. The van der Waals surface area contributed by atoms with Crippen molar-refractivity contribution in [3.63, 3.8) is 0 Å². The summed E-state index contributed by atoms with van der Waals surface area (Å²) in [6.07, 6.45) is 3.35. The third-order valence-electron chi connectivity index (χ3n) is 1.78. The van der Waals surface area contributed by atoms with Gasteiger partial charge in [0.25, 0.3) is 0 Å². The average molecular weight is 239 g/mol. The number of nitrogens with zero attached hydrogens (tertiary/aromatic N) is 2. The SMILES string of the molecule is COc1cc(/C=N\N=C(N)SC)ccc1O. The molecule has 86 valence electrons. The van der Waals surface area contributed by atoms with Gasteiger partial charge in [0.2, 0.25) is 0 Å². The molecule has 6 heteroatoms. The van der Waals surface area contributed by atoms with Crippen LogP contribution in [0.15, 0.2) is 28.4 Å². The lowest BCUT2D eigenvalue weighted by molar-refractivity contribution is 0.373. The van der Waals surface area contributed by atoms with Crippen molar-refractivity contribution in [2.24, 2.45) is 15.9 Å². The third-order valence-corrected chi connectivity index (χ3v) is 2.28. The fraction of sp³-hybridized carbons (Fsp3) is 0.200. The molecule has 0 saturated heterocycles. The van der Waals surface area contributed by atoms with Crippen LogP contribution in [0.3, 0.4) is 0 Å². The van der Waals surface area contributed by atoms with E-state index in [1.54, 1.807) is 12.1 Å². The highest BCUT2D eigenvalue weighted by molar-refractivity contribution is 8.13. The van der Waals surface area contributed by atoms with Crippen molar-refractivity contribution in [3.05, 3.63) is 23.8 Å². The lowest BCUT2D eigenvalue weighted by Gasteiger charge is -2.02. The molecule has 0 aliphatic heterocycles. The molecule has 3 N–H and O–H groups in total. The Labute approximate surface area is 98.0 Å². The molecule has 1 rings (SSSR count). The number of nitrogens with two attached hydrogens (primary N) is 1. The maximum absolute atomic E-state index is 9.37. The standard InChI is InChI=1S/C10H13N3O2S/c1-15-9-5-7(3-4-8(9)14)6-12-13-10(11)16-2/h3-6,14H,1-2H3,(H2,11,13)/b12-6-. The van der Waals surface area contributed by atoms with Gasteiger partial charge in [-0.1, -0.05) is 11.8 Å². The zero-order valence-corrected chi connectivity index (χ0v) is 9.86. The van der Waals surface area contributed by atoms with E-state index in [1.165, 1.54) is 31.2 Å². The first-order valence-corrected chi connectivity index (χ1v) is 5.67. The number of rotatable bonds is 3. The molecular formula is C10H13N3O2S. The van der Waals surface area contributed by atoms with Crippen molar-refractivity contribution in [1.82, 2.24) is 0 Å². The van der Waals surface area contributed by atoms with Crippen LogP contribution < -0.4 is 10.5 Å². The van der Waals surface area contributed by atoms with Crippen molar-refractivity contribution in [2.45, 2.75) is 0 Å². The van der Waals surface area contributed by atoms with Gasteiger partial charge in [-0.15, -0.1) is 5.10 Å². The van der Waals surface area contributed by atoms with Gasteiger partial charge in [0, 0.05) is 0 Å². The number of thioether (sulfide) groups is 1. The van der Waals surface area contributed by atoms with Crippen molar-refractivity contribution in [3.8, 4) is 11.5 Å². The molecule has 16 heavy (non-hydrogen) atoms. The molecule has 0 saturated carbocycles. The van der Waals surface area contributed by atoms with Crippen molar-refractivity contribution < 1.29 is 9.84 Å². The zero-order chi connectivity index (χ0) is 12.0. The molecule has 0 amide bonds. The second-order valence-electron chi connectivity index (χ2n) is 2.82. The zero-order valence-electron chi connectivity index (χ0n) is 9.04. The van der Waals surface area contributed by atoms with Gasteiger partial charge in [-0.3, -0.25) is 0 Å². The highest BCUT2D eigenvalue weighted by atomic mass is 32.2. The lowest BCUT2D eigenvalue weighted by atomic mass is 10.2. The van der Waals surface area contributed by atoms with Gasteiger partial charge in [0.15, 0.2) is 16.7 Å². The molecule has 0 atom stereocenters. The maximum Gasteiger partial charge on any atom is 0.180 e. The third kappa shape index (κ3) is 3.47. The van der Waals surface area contributed by atoms with Gasteiger partial charge in [0.1, 0.15) is 0 Å². The Bertz CT molecular complexity index is 419. The Morgan fingerprint density at radius 2 is 2.31 bits per heavy atom. The van der Waals surface area contributed by atoms with Crippen LogP contribution >= 0.6 is 11.8 Å². The Hall–Kier alpha value is -1.69. The molecule has 0 aliphatic rings. The van der Waals surface area contributed by atoms with E-state index in [0.29, 0.717) is 10.9 Å². The number of hydrogen-bond donors (Lipinski definition) is 2. The monoisotopic (exact) mass is 239 g/mol. The van der Waals surface area contributed by atoms with E-state index in [4.69, 9.17) is 10.5 Å². The Balaban J connectivity index is 2.82. The predicted molar refractivity (Wildman–Crippen MR) is 67.4 cm³/mol. The van der Waals surface area contributed by atoms with E-state index in [9.17, 15) is 5.11 Å². The maximum atomic E-state index is 9.37. The summed E-state index contributed by atoms with van der Waals surface area (Å²) in [5, 5.41) is 17.3. The summed E-state index contributed by atoms with van der Waals surface area (Å²) in [5.41, 5.74) is 6.22. The van der Waals surface area contributed by atoms with E-state index in [-0.39, 0.29) is 5.75 Å². The molecule has 1 aromatic rings. The molecule has 1 aromatic carbocycles. The van der Waals surface area contributed by atoms with E-state index < -0.39 is 0 Å². The van der Waals surface area contributed by atoms with Crippen molar-refractivity contribution >= 4 is 23.1 Å². The van der Waals surface area contributed by atoms with Gasteiger partial charge in [-0.25, -0.2) is 0 Å². The minimum absolute atomic E-state index is 0.0896. The number of phenolic OH excluding ortho intramolecular Hbond substituents is 1. The summed E-state index contributed by atoms with van der Waals surface area (Å²) in [7, 11) is 1.49. The van der Waals surface area contributed by atoms with Crippen LogP contribution in [0, 0.1) is 0 Å². The molecule has 0 aliphatic carbocycles. The van der Waals surface area contributed by atoms with Gasteiger partial charge in [-0.2, -0.15) is 5.10 Å². The second-order valence-corrected chi connectivity index (χ2v) is 3.64. The average Bonchev–Trinajstić information content (AvgIpc) is 2.31. The predicted octanol–water partition coefficient (Wildman–Crippen LogP) is 1.41. The normalized spacial score (nSPS) is 12.0. The summed E-state index contributed by atoms with van der Waals surface area (Å²) in [6, 6.07) is 4.89. The number of phenols is 1. The summed E-state index contributed by atoms with van der Waals surface area (Å²) < 4.78 is 4.96. The van der Waals surface area contributed by atoms with E-state index in [1.807, 2.05) is 6.26 Å². The van der Waals surface area contributed by atoms with Crippen LogP contribution in [0.5, 0.6) is 11.5 Å². The molecule has 0 spiro atoms. The highest BCUT2D eigenvalue weighted by Crippen LogP contribution is 2.25. The minimum atomic E-state index is 0.0896. The molecule has 0 fully saturated rings. The Kier molecular flexibility index (Phi) is 4.65. The van der Waals surface area contributed by atoms with Crippen LogP contribution in [0.1, 0.15) is 5.56 Å². The first-order chi connectivity index (χ1) is 7.67. The smallest absolute Gasteiger partial charge is 0.180 e. The van der Waals surface area contributed by atoms with Crippen LogP contribution in [-0.2, 0) is 0 Å². The van der Waals surface area contributed by atoms with Gasteiger partial charge in [-0.05, 0) is 30.0 Å². The van der Waals surface area contributed by atoms with Gasteiger partial charge >= 0.3 is 0 Å². The first kappa shape index (κ1) is 12.4. The molecule has 0 aromatic heterocycles. The molecule has 0 bridgehead atoms. The fourth-order valence-corrected chi connectivity index (χ4v) is 1.10. The summed E-state index contributed by atoms with van der Waals surface area (Å²) in [6.45, 7) is 0.